The summed E-state index contributed by atoms with van der Waals surface area (Å²) in [4.78, 5) is 28.0. The Kier molecular flexibility index (Phi) is 11.7. The number of hydrogen-bond donors (Lipinski definition) is 1. The average Bonchev–Trinajstić information content (AvgIpc) is 2.86. The van der Waals surface area contributed by atoms with Gasteiger partial charge in [0.2, 0.25) is 21.8 Å². The lowest BCUT2D eigenvalue weighted by Crippen LogP contribution is -2.49. The van der Waals surface area contributed by atoms with E-state index in [0.717, 1.165) is 24.7 Å². The zero-order valence-electron chi connectivity index (χ0n) is 21.8. The number of unbranched alkanes of at least 4 members (excludes halogenated alkanes) is 1. The number of sulfonamides is 1. The Morgan fingerprint density at radius 3 is 2.22 bits per heavy atom. The number of methoxy groups -OCH3 is 1. The Hall–Kier alpha value is -3.07. The van der Waals surface area contributed by atoms with Gasteiger partial charge in [-0.1, -0.05) is 50.6 Å². The number of benzene rings is 2. The molecule has 0 saturated heterocycles. The molecule has 0 aliphatic carbocycles. The zero-order valence-corrected chi connectivity index (χ0v) is 22.6. The number of hydrogen-bond acceptors (Lipinski definition) is 5. The smallest absolute Gasteiger partial charge is 0.242 e. The maximum absolute atomic E-state index is 13.4. The number of anilines is 1. The molecule has 1 atom stereocenters. The largest absolute Gasteiger partial charge is 0.497 e. The molecule has 0 spiro atoms. The van der Waals surface area contributed by atoms with E-state index in [1.54, 1.807) is 36.3 Å². The van der Waals surface area contributed by atoms with Gasteiger partial charge in [-0.25, -0.2) is 8.42 Å². The van der Waals surface area contributed by atoms with Crippen LogP contribution in [0.15, 0.2) is 54.6 Å². The average molecular weight is 518 g/mol. The van der Waals surface area contributed by atoms with Crippen LogP contribution in [0.1, 0.15) is 51.5 Å². The molecule has 0 heterocycles. The second kappa shape index (κ2) is 14.5. The van der Waals surface area contributed by atoms with E-state index in [-0.39, 0.29) is 31.3 Å². The molecule has 2 amide bonds. The fourth-order valence-electron chi connectivity index (χ4n) is 3.95. The first-order valence-corrected chi connectivity index (χ1v) is 14.3. The summed E-state index contributed by atoms with van der Waals surface area (Å²) in [7, 11) is -1.92. The monoisotopic (exact) mass is 517 g/mol. The minimum absolute atomic E-state index is 0.119. The first-order chi connectivity index (χ1) is 17.2. The van der Waals surface area contributed by atoms with Crippen molar-refractivity contribution >= 4 is 27.5 Å². The first kappa shape index (κ1) is 29.2. The topological polar surface area (TPSA) is 96.0 Å². The predicted molar refractivity (Wildman–Crippen MR) is 143 cm³/mol. The normalized spacial score (nSPS) is 12.0. The molecule has 2 aromatic carbocycles. The maximum Gasteiger partial charge on any atom is 0.242 e. The van der Waals surface area contributed by atoms with E-state index in [9.17, 15) is 18.0 Å². The van der Waals surface area contributed by atoms with Gasteiger partial charge in [0.1, 0.15) is 11.8 Å². The Labute approximate surface area is 215 Å². The van der Waals surface area contributed by atoms with Crippen molar-refractivity contribution in [2.45, 2.75) is 58.5 Å². The zero-order chi connectivity index (χ0) is 26.6. The third-order valence-electron chi connectivity index (χ3n) is 5.92. The Morgan fingerprint density at radius 2 is 1.67 bits per heavy atom. The van der Waals surface area contributed by atoms with Crippen molar-refractivity contribution in [2.24, 2.45) is 0 Å². The fraction of sp³-hybridized carbons (Fsp3) is 0.481. The van der Waals surface area contributed by atoms with Gasteiger partial charge in [0.25, 0.3) is 0 Å². The molecule has 0 bridgehead atoms. The summed E-state index contributed by atoms with van der Waals surface area (Å²) >= 11 is 0. The second-order valence-electron chi connectivity index (χ2n) is 8.71. The number of ether oxygens (including phenoxy) is 1. The van der Waals surface area contributed by atoms with E-state index >= 15 is 0 Å². The molecule has 0 radical (unpaired) electrons. The third-order valence-corrected chi connectivity index (χ3v) is 7.12. The highest BCUT2D eigenvalue weighted by atomic mass is 32.2. The third kappa shape index (κ3) is 8.86. The van der Waals surface area contributed by atoms with Gasteiger partial charge < -0.3 is 15.0 Å². The van der Waals surface area contributed by atoms with E-state index in [4.69, 9.17) is 4.74 Å². The van der Waals surface area contributed by atoms with Gasteiger partial charge in [-0.2, -0.15) is 0 Å². The molecule has 1 N–H and O–H groups in total. The molecule has 0 aliphatic rings. The number of nitrogens with zero attached hydrogens (tertiary/aromatic N) is 2. The summed E-state index contributed by atoms with van der Waals surface area (Å²) in [5, 5.41) is 2.95. The SMILES string of the molecule is CCCCNC(=O)[C@@H](CC)N(Cc1ccc(OC)cc1)C(=O)CCCN(c1ccccc1)S(C)(=O)=O. The number of amides is 2. The minimum Gasteiger partial charge on any atom is -0.497 e. The molecular formula is C27H39N3O5S. The molecule has 0 fully saturated rings. The summed E-state index contributed by atoms with van der Waals surface area (Å²) in [5.74, 6) is 0.349. The van der Waals surface area contributed by atoms with Crippen molar-refractivity contribution in [3.8, 4) is 5.75 Å². The van der Waals surface area contributed by atoms with Crippen LogP contribution in [0, 0.1) is 0 Å². The molecule has 198 valence electrons. The summed E-state index contributed by atoms with van der Waals surface area (Å²) in [6, 6.07) is 15.6. The molecule has 9 heteroatoms. The number of carbonyl (C=O) groups excluding carboxylic acids is 2. The van der Waals surface area contributed by atoms with Crippen molar-refractivity contribution in [2.75, 3.05) is 30.8 Å². The van der Waals surface area contributed by atoms with E-state index in [1.807, 2.05) is 37.3 Å². The molecule has 0 unspecified atom stereocenters. The van der Waals surface area contributed by atoms with Crippen LogP contribution in [0.2, 0.25) is 0 Å². The quantitative estimate of drug-likeness (QED) is 0.361. The fourth-order valence-corrected chi connectivity index (χ4v) is 4.92. The highest BCUT2D eigenvalue weighted by molar-refractivity contribution is 7.92. The van der Waals surface area contributed by atoms with Crippen molar-refractivity contribution in [3.05, 3.63) is 60.2 Å². The van der Waals surface area contributed by atoms with Crippen molar-refractivity contribution < 1.29 is 22.7 Å². The van der Waals surface area contributed by atoms with Crippen LogP contribution in [0.3, 0.4) is 0 Å². The van der Waals surface area contributed by atoms with Gasteiger partial charge in [-0.15, -0.1) is 0 Å². The number of carbonyl (C=O) groups is 2. The van der Waals surface area contributed by atoms with Crippen LogP contribution in [0.5, 0.6) is 5.75 Å². The Morgan fingerprint density at radius 1 is 1.00 bits per heavy atom. The standard InChI is InChI=1S/C27H39N3O5S/c1-5-7-19-28-27(32)25(6-2)29(21-22-15-17-24(35-3)18-16-22)26(31)14-11-20-30(36(4,33)34)23-12-9-8-10-13-23/h8-10,12-13,15-18,25H,5-7,11,14,19-21H2,1-4H3,(H,28,32)/t25-/m1/s1. The van der Waals surface area contributed by atoms with E-state index in [2.05, 4.69) is 12.2 Å². The van der Waals surface area contributed by atoms with Crippen molar-refractivity contribution in [1.82, 2.24) is 10.2 Å². The lowest BCUT2D eigenvalue weighted by molar-refractivity contribution is -0.141. The molecular weight excluding hydrogens is 478 g/mol. The minimum atomic E-state index is -3.51. The molecule has 8 nitrogen and oxygen atoms in total. The number of nitrogens with one attached hydrogen (secondary N) is 1. The van der Waals surface area contributed by atoms with Crippen LogP contribution >= 0.6 is 0 Å². The van der Waals surface area contributed by atoms with Crippen LogP contribution in [-0.4, -0.2) is 57.6 Å². The lowest BCUT2D eigenvalue weighted by Gasteiger charge is -2.31. The highest BCUT2D eigenvalue weighted by Gasteiger charge is 2.28. The van der Waals surface area contributed by atoms with Gasteiger partial charge in [0.05, 0.1) is 19.1 Å². The van der Waals surface area contributed by atoms with E-state index in [1.165, 1.54) is 4.31 Å². The van der Waals surface area contributed by atoms with Crippen LogP contribution < -0.4 is 14.4 Å². The van der Waals surface area contributed by atoms with E-state index in [0.29, 0.717) is 30.8 Å². The lowest BCUT2D eigenvalue weighted by atomic mass is 10.1. The molecule has 36 heavy (non-hydrogen) atoms. The molecule has 0 saturated carbocycles. The van der Waals surface area contributed by atoms with Gasteiger partial charge >= 0.3 is 0 Å². The van der Waals surface area contributed by atoms with Crippen LogP contribution in [0.4, 0.5) is 5.69 Å². The predicted octanol–water partition coefficient (Wildman–Crippen LogP) is 3.97. The van der Waals surface area contributed by atoms with Crippen molar-refractivity contribution in [3.63, 3.8) is 0 Å². The van der Waals surface area contributed by atoms with Gasteiger partial charge in [0, 0.05) is 26.1 Å². The summed E-state index contributed by atoms with van der Waals surface area (Å²) in [6.07, 6.45) is 3.91. The van der Waals surface area contributed by atoms with Gasteiger partial charge in [-0.3, -0.25) is 13.9 Å². The Balaban J connectivity index is 2.18. The maximum atomic E-state index is 13.4. The molecule has 2 aromatic rings. The number of para-hydroxylation sites is 1. The number of rotatable bonds is 15. The summed E-state index contributed by atoms with van der Waals surface area (Å²) in [5.41, 5.74) is 1.44. The first-order valence-electron chi connectivity index (χ1n) is 12.4. The van der Waals surface area contributed by atoms with Gasteiger partial charge in [0.15, 0.2) is 0 Å². The van der Waals surface area contributed by atoms with Gasteiger partial charge in [-0.05, 0) is 49.1 Å². The summed E-state index contributed by atoms with van der Waals surface area (Å²) in [6.45, 7) is 4.95. The van der Waals surface area contributed by atoms with Crippen LogP contribution in [-0.2, 0) is 26.2 Å². The second-order valence-corrected chi connectivity index (χ2v) is 10.6. The Bertz CT molecular complexity index is 1060. The molecule has 0 aliphatic heterocycles. The van der Waals surface area contributed by atoms with Crippen LogP contribution in [0.25, 0.3) is 0 Å². The van der Waals surface area contributed by atoms with Crippen molar-refractivity contribution in [1.29, 1.82) is 0 Å². The molecule has 2 rings (SSSR count). The molecule has 0 aromatic heterocycles. The highest BCUT2D eigenvalue weighted by Crippen LogP contribution is 2.20. The summed E-state index contributed by atoms with van der Waals surface area (Å²) < 4.78 is 31.3. The van der Waals surface area contributed by atoms with E-state index < -0.39 is 16.1 Å².